The van der Waals surface area contributed by atoms with Crippen LogP contribution in [0.4, 0.5) is 5.69 Å². The second kappa shape index (κ2) is 9.76. The number of anilines is 1. The van der Waals surface area contributed by atoms with Gasteiger partial charge < -0.3 is 25.3 Å². The summed E-state index contributed by atoms with van der Waals surface area (Å²) < 4.78 is 16.0. The first kappa shape index (κ1) is 20.6. The van der Waals surface area contributed by atoms with Gasteiger partial charge in [-0.3, -0.25) is 4.79 Å². The van der Waals surface area contributed by atoms with Crippen LogP contribution >= 0.6 is 12.4 Å². The number of methoxy groups -OCH3 is 2. The van der Waals surface area contributed by atoms with Crippen LogP contribution in [0.15, 0.2) is 36.4 Å². The highest BCUT2D eigenvalue weighted by Gasteiger charge is 2.13. The van der Waals surface area contributed by atoms with E-state index in [0.717, 1.165) is 5.56 Å². The Bertz CT molecular complexity index is 680. The third-order valence-corrected chi connectivity index (χ3v) is 3.51. The van der Waals surface area contributed by atoms with E-state index in [1.165, 1.54) is 0 Å². The fraction of sp³-hybridized carbons (Fsp3) is 0.278. The van der Waals surface area contributed by atoms with Crippen molar-refractivity contribution >= 4 is 24.0 Å². The molecule has 0 aliphatic rings. The molecular weight excluding hydrogens is 344 g/mol. The molecule has 7 heteroatoms. The summed E-state index contributed by atoms with van der Waals surface area (Å²) in [4.78, 5) is 12.4. The lowest BCUT2D eigenvalue weighted by atomic mass is 10.1. The van der Waals surface area contributed by atoms with E-state index in [0.29, 0.717) is 41.7 Å². The first-order chi connectivity index (χ1) is 11.6. The van der Waals surface area contributed by atoms with Gasteiger partial charge in [-0.2, -0.15) is 0 Å². The molecule has 2 aromatic carbocycles. The number of carbonyl (C=O) groups excluding carboxylic acids is 1. The minimum atomic E-state index is -0.248. The van der Waals surface area contributed by atoms with Crippen molar-refractivity contribution in [3.05, 3.63) is 47.5 Å². The highest BCUT2D eigenvalue weighted by atomic mass is 35.5. The minimum absolute atomic E-state index is 0. The molecular formula is C18H23ClN2O4. The maximum atomic E-state index is 12.4. The molecule has 0 saturated heterocycles. The first-order valence-electron chi connectivity index (χ1n) is 7.56. The predicted octanol–water partition coefficient (Wildman–Crippen LogP) is 3.02. The smallest absolute Gasteiger partial charge is 0.255 e. The second-order valence-electron chi connectivity index (χ2n) is 5.12. The maximum absolute atomic E-state index is 12.4. The van der Waals surface area contributed by atoms with Crippen molar-refractivity contribution in [2.24, 2.45) is 5.73 Å². The number of halogens is 1. The molecule has 1 amide bonds. The Kier molecular flexibility index (Phi) is 8.04. The highest BCUT2D eigenvalue weighted by molar-refractivity contribution is 6.05. The Morgan fingerprint density at radius 1 is 1.08 bits per heavy atom. The quantitative estimate of drug-likeness (QED) is 0.787. The minimum Gasteiger partial charge on any atom is -0.496 e. The third kappa shape index (κ3) is 5.27. The molecule has 2 rings (SSSR count). The van der Waals surface area contributed by atoms with E-state index in [2.05, 4.69) is 5.32 Å². The molecule has 0 atom stereocenters. The van der Waals surface area contributed by atoms with Crippen LogP contribution in [0.25, 0.3) is 0 Å². The molecule has 0 aliphatic heterocycles. The van der Waals surface area contributed by atoms with E-state index < -0.39 is 0 Å². The SMILES string of the molecule is COc1cc(C(=O)Nc2ccc(OCCN)cc2)cc(OC)c1C.Cl. The van der Waals surface area contributed by atoms with Crippen LogP contribution in [0.2, 0.25) is 0 Å². The molecule has 25 heavy (non-hydrogen) atoms. The van der Waals surface area contributed by atoms with Crippen molar-refractivity contribution < 1.29 is 19.0 Å². The number of ether oxygens (including phenoxy) is 3. The van der Waals surface area contributed by atoms with Crippen molar-refractivity contribution in [1.82, 2.24) is 0 Å². The van der Waals surface area contributed by atoms with Gasteiger partial charge in [0, 0.05) is 23.4 Å². The summed E-state index contributed by atoms with van der Waals surface area (Å²) >= 11 is 0. The molecule has 0 bridgehead atoms. The number of rotatable bonds is 7. The molecule has 0 unspecified atom stereocenters. The van der Waals surface area contributed by atoms with Crippen molar-refractivity contribution in [1.29, 1.82) is 0 Å². The lowest BCUT2D eigenvalue weighted by Crippen LogP contribution is -2.13. The number of carbonyl (C=O) groups is 1. The summed E-state index contributed by atoms with van der Waals surface area (Å²) in [6.45, 7) is 2.78. The van der Waals surface area contributed by atoms with Crippen molar-refractivity contribution in [3.63, 3.8) is 0 Å². The third-order valence-electron chi connectivity index (χ3n) is 3.51. The Balaban J connectivity index is 0.00000312. The van der Waals surface area contributed by atoms with E-state index in [-0.39, 0.29) is 18.3 Å². The molecule has 0 radical (unpaired) electrons. The van der Waals surface area contributed by atoms with Gasteiger partial charge in [0.1, 0.15) is 23.9 Å². The van der Waals surface area contributed by atoms with Crippen LogP contribution in [-0.4, -0.2) is 33.3 Å². The summed E-state index contributed by atoms with van der Waals surface area (Å²) in [7, 11) is 3.12. The fourth-order valence-corrected chi connectivity index (χ4v) is 2.23. The van der Waals surface area contributed by atoms with E-state index in [4.69, 9.17) is 19.9 Å². The molecule has 0 spiro atoms. The number of hydrogen-bond acceptors (Lipinski definition) is 5. The van der Waals surface area contributed by atoms with Crippen LogP contribution in [0.5, 0.6) is 17.2 Å². The molecule has 0 aliphatic carbocycles. The molecule has 2 aromatic rings. The molecule has 3 N–H and O–H groups in total. The average Bonchev–Trinajstić information content (AvgIpc) is 2.61. The fourth-order valence-electron chi connectivity index (χ4n) is 2.23. The number of hydrogen-bond donors (Lipinski definition) is 2. The average molecular weight is 367 g/mol. The van der Waals surface area contributed by atoms with E-state index in [9.17, 15) is 4.79 Å². The largest absolute Gasteiger partial charge is 0.496 e. The van der Waals surface area contributed by atoms with Gasteiger partial charge in [-0.1, -0.05) is 0 Å². The van der Waals surface area contributed by atoms with Gasteiger partial charge in [0.15, 0.2) is 0 Å². The van der Waals surface area contributed by atoms with E-state index >= 15 is 0 Å². The maximum Gasteiger partial charge on any atom is 0.255 e. The topological polar surface area (TPSA) is 82.8 Å². The molecule has 0 heterocycles. The Labute approximate surface area is 153 Å². The van der Waals surface area contributed by atoms with Crippen molar-refractivity contribution in [3.8, 4) is 17.2 Å². The zero-order chi connectivity index (χ0) is 17.5. The van der Waals surface area contributed by atoms with Crippen LogP contribution in [-0.2, 0) is 0 Å². The summed E-state index contributed by atoms with van der Waals surface area (Å²) in [5.41, 5.74) is 7.36. The van der Waals surface area contributed by atoms with Crippen LogP contribution in [0.1, 0.15) is 15.9 Å². The zero-order valence-corrected chi connectivity index (χ0v) is 15.3. The van der Waals surface area contributed by atoms with Crippen molar-refractivity contribution in [2.45, 2.75) is 6.92 Å². The number of amides is 1. The monoisotopic (exact) mass is 366 g/mol. The molecule has 6 nitrogen and oxygen atoms in total. The lowest BCUT2D eigenvalue weighted by Gasteiger charge is -2.13. The Hall–Kier alpha value is -2.44. The van der Waals surface area contributed by atoms with Gasteiger partial charge in [0.25, 0.3) is 5.91 Å². The van der Waals surface area contributed by atoms with E-state index in [1.54, 1.807) is 50.6 Å². The molecule has 0 fully saturated rings. The number of benzene rings is 2. The summed E-state index contributed by atoms with van der Waals surface area (Å²) in [6.07, 6.45) is 0. The van der Waals surface area contributed by atoms with Gasteiger partial charge in [0.05, 0.1) is 14.2 Å². The van der Waals surface area contributed by atoms with E-state index in [1.807, 2.05) is 6.92 Å². The summed E-state index contributed by atoms with van der Waals surface area (Å²) in [5, 5.41) is 2.83. The highest BCUT2D eigenvalue weighted by Crippen LogP contribution is 2.29. The number of nitrogens with one attached hydrogen (secondary N) is 1. The first-order valence-corrected chi connectivity index (χ1v) is 7.56. The Morgan fingerprint density at radius 3 is 2.12 bits per heavy atom. The number of nitrogens with two attached hydrogens (primary N) is 1. The summed E-state index contributed by atoms with van der Waals surface area (Å²) in [5.74, 6) is 1.66. The predicted molar refractivity (Wildman–Crippen MR) is 100 cm³/mol. The van der Waals surface area contributed by atoms with Crippen LogP contribution in [0, 0.1) is 6.92 Å². The molecule has 0 saturated carbocycles. The molecule has 0 aromatic heterocycles. The van der Waals surface area contributed by atoms with Gasteiger partial charge in [-0.15, -0.1) is 12.4 Å². The summed E-state index contributed by atoms with van der Waals surface area (Å²) in [6, 6.07) is 10.5. The Morgan fingerprint density at radius 2 is 1.64 bits per heavy atom. The van der Waals surface area contributed by atoms with Crippen molar-refractivity contribution in [2.75, 3.05) is 32.7 Å². The standard InChI is InChI=1S/C18H22N2O4.ClH/c1-12-16(22-2)10-13(11-17(12)23-3)18(21)20-14-4-6-15(7-5-14)24-9-8-19;/h4-7,10-11H,8-9,19H2,1-3H3,(H,20,21);1H. The van der Waals surface area contributed by atoms with Gasteiger partial charge >= 0.3 is 0 Å². The van der Waals surface area contributed by atoms with Gasteiger partial charge in [-0.05, 0) is 43.3 Å². The van der Waals surface area contributed by atoms with Crippen LogP contribution < -0.4 is 25.3 Å². The normalized spacial score (nSPS) is 9.76. The second-order valence-corrected chi connectivity index (χ2v) is 5.12. The molecule has 136 valence electrons. The van der Waals surface area contributed by atoms with Crippen LogP contribution in [0.3, 0.4) is 0 Å². The zero-order valence-electron chi connectivity index (χ0n) is 14.5. The lowest BCUT2D eigenvalue weighted by molar-refractivity contribution is 0.102. The van der Waals surface area contributed by atoms with Gasteiger partial charge in [-0.25, -0.2) is 0 Å². The van der Waals surface area contributed by atoms with Gasteiger partial charge in [0.2, 0.25) is 0 Å².